The highest BCUT2D eigenvalue weighted by Gasteiger charge is 2.04. The van der Waals surface area contributed by atoms with Gasteiger partial charge >= 0.3 is 12.1 Å². The summed E-state index contributed by atoms with van der Waals surface area (Å²) in [4.78, 5) is 35.5. The fraction of sp³-hybridized carbons (Fsp3) is 0.400. The van der Waals surface area contributed by atoms with Crippen molar-refractivity contribution >= 4 is 29.2 Å². The van der Waals surface area contributed by atoms with Gasteiger partial charge in [0.05, 0.1) is 0 Å². The second-order valence-electron chi connectivity index (χ2n) is 7.65. The molecule has 0 aromatic heterocycles. The number of carbonyl (C=O) groups is 3. The fourth-order valence-electron chi connectivity index (χ4n) is 3.17. The predicted octanol–water partition coefficient (Wildman–Crippen LogP) is 5.32. The first kappa shape index (κ1) is 24.9. The quantitative estimate of drug-likeness (QED) is 0.300. The van der Waals surface area contributed by atoms with Gasteiger partial charge in [-0.3, -0.25) is 4.79 Å². The molecule has 2 aromatic carbocycles. The number of benzene rings is 2. The van der Waals surface area contributed by atoms with E-state index in [0.29, 0.717) is 25.9 Å². The topological polar surface area (TPSA) is 99.3 Å². The van der Waals surface area contributed by atoms with Crippen molar-refractivity contribution in [3.8, 4) is 0 Å². The highest BCUT2D eigenvalue weighted by molar-refractivity contribution is 5.89. The maximum atomic E-state index is 12.0. The Bertz CT molecular complexity index is 745. The molecule has 0 saturated carbocycles. The summed E-state index contributed by atoms with van der Waals surface area (Å²) < 4.78 is 0. The average Bonchev–Trinajstić information content (AvgIpc) is 2.79. The van der Waals surface area contributed by atoms with Gasteiger partial charge in [0.1, 0.15) is 5.78 Å². The van der Waals surface area contributed by atoms with Gasteiger partial charge in [0.15, 0.2) is 0 Å². The monoisotopic (exact) mass is 438 g/mol. The minimum absolute atomic E-state index is 0.209. The third-order valence-electron chi connectivity index (χ3n) is 4.90. The van der Waals surface area contributed by atoms with E-state index in [1.165, 1.54) is 0 Å². The van der Waals surface area contributed by atoms with Gasteiger partial charge in [-0.2, -0.15) is 0 Å². The molecule has 4 N–H and O–H groups in total. The highest BCUT2D eigenvalue weighted by atomic mass is 16.2. The second-order valence-corrected chi connectivity index (χ2v) is 7.65. The summed E-state index contributed by atoms with van der Waals surface area (Å²) in [5.41, 5.74) is 1.53. The number of urea groups is 2. The molecular weight excluding hydrogens is 404 g/mol. The van der Waals surface area contributed by atoms with Crippen molar-refractivity contribution in [2.24, 2.45) is 0 Å². The molecule has 2 aromatic rings. The smallest absolute Gasteiger partial charge is 0.319 e. The maximum Gasteiger partial charge on any atom is 0.319 e. The molecule has 0 aliphatic rings. The molecule has 4 amide bonds. The summed E-state index contributed by atoms with van der Waals surface area (Å²) in [7, 11) is 0. The van der Waals surface area contributed by atoms with Crippen LogP contribution in [-0.4, -0.2) is 30.9 Å². The van der Waals surface area contributed by atoms with E-state index in [1.807, 2.05) is 60.7 Å². The number of ketones is 1. The van der Waals surface area contributed by atoms with E-state index >= 15 is 0 Å². The van der Waals surface area contributed by atoms with Crippen molar-refractivity contribution in [2.75, 3.05) is 23.7 Å². The van der Waals surface area contributed by atoms with Crippen LogP contribution in [0.15, 0.2) is 60.7 Å². The Morgan fingerprint density at radius 3 is 1.34 bits per heavy atom. The lowest BCUT2D eigenvalue weighted by Gasteiger charge is -2.08. The van der Waals surface area contributed by atoms with E-state index in [4.69, 9.17) is 0 Å². The van der Waals surface area contributed by atoms with Crippen LogP contribution in [0.1, 0.15) is 51.4 Å². The molecule has 2 rings (SSSR count). The number of hydrogen-bond acceptors (Lipinski definition) is 3. The van der Waals surface area contributed by atoms with Crippen LogP contribution in [0.3, 0.4) is 0 Å². The molecule has 0 saturated heterocycles. The Hall–Kier alpha value is -3.35. The van der Waals surface area contributed by atoms with Crippen LogP contribution in [0.2, 0.25) is 0 Å². The lowest BCUT2D eigenvalue weighted by atomic mass is 10.1. The number of para-hydroxylation sites is 2. The zero-order valence-corrected chi connectivity index (χ0v) is 18.6. The summed E-state index contributed by atoms with van der Waals surface area (Å²) in [6.07, 6.45) is 6.42. The van der Waals surface area contributed by atoms with Crippen molar-refractivity contribution in [3.63, 3.8) is 0 Å². The van der Waals surface area contributed by atoms with Gasteiger partial charge in [0.25, 0.3) is 0 Å². The Kier molecular flexibility index (Phi) is 12.0. The number of Topliss-reactive ketones (excluding diaryl/α,β-unsaturated/α-hetero) is 1. The Balaban J connectivity index is 1.37. The standard InChI is InChI=1S/C25H34N4O3/c30-23(17-9-3-11-19-26-24(31)28-21-13-5-1-6-14-21)18-10-4-12-20-27-25(32)29-22-15-7-2-8-16-22/h1-2,5-8,13-16H,3-4,9-12,17-20H2,(H2,26,28,31)(H2,27,29,32). The van der Waals surface area contributed by atoms with E-state index in [0.717, 1.165) is 49.9 Å². The Morgan fingerprint density at radius 2 is 0.938 bits per heavy atom. The third kappa shape index (κ3) is 11.7. The number of carbonyl (C=O) groups excluding carboxylic acids is 3. The fourth-order valence-corrected chi connectivity index (χ4v) is 3.17. The van der Waals surface area contributed by atoms with Gasteiger partial charge in [-0.25, -0.2) is 9.59 Å². The van der Waals surface area contributed by atoms with Crippen molar-refractivity contribution in [1.82, 2.24) is 10.6 Å². The average molecular weight is 439 g/mol. The minimum atomic E-state index is -0.209. The minimum Gasteiger partial charge on any atom is -0.338 e. The van der Waals surface area contributed by atoms with E-state index < -0.39 is 0 Å². The molecule has 172 valence electrons. The molecule has 0 aliphatic carbocycles. The first-order valence-corrected chi connectivity index (χ1v) is 11.3. The van der Waals surface area contributed by atoms with E-state index in [2.05, 4.69) is 21.3 Å². The summed E-state index contributed by atoms with van der Waals surface area (Å²) in [6.45, 7) is 1.19. The van der Waals surface area contributed by atoms with Crippen molar-refractivity contribution in [2.45, 2.75) is 51.4 Å². The molecule has 7 heteroatoms. The van der Waals surface area contributed by atoms with Gasteiger partial charge in [0.2, 0.25) is 0 Å². The Morgan fingerprint density at radius 1 is 0.531 bits per heavy atom. The number of unbranched alkanes of at least 4 members (excludes halogenated alkanes) is 4. The van der Waals surface area contributed by atoms with E-state index in [-0.39, 0.29) is 17.8 Å². The van der Waals surface area contributed by atoms with Crippen LogP contribution in [0, 0.1) is 0 Å². The lowest BCUT2D eigenvalue weighted by Crippen LogP contribution is -2.29. The van der Waals surface area contributed by atoms with Crippen molar-refractivity contribution in [1.29, 1.82) is 0 Å². The lowest BCUT2D eigenvalue weighted by molar-refractivity contribution is -0.119. The molecule has 0 atom stereocenters. The zero-order chi connectivity index (χ0) is 22.9. The molecule has 0 fully saturated rings. The predicted molar refractivity (Wildman–Crippen MR) is 129 cm³/mol. The van der Waals surface area contributed by atoms with Crippen molar-refractivity contribution in [3.05, 3.63) is 60.7 Å². The number of hydrogen-bond donors (Lipinski definition) is 4. The third-order valence-corrected chi connectivity index (χ3v) is 4.90. The Labute approximate surface area is 190 Å². The maximum absolute atomic E-state index is 12.0. The van der Waals surface area contributed by atoms with Gasteiger partial charge in [-0.15, -0.1) is 0 Å². The normalized spacial score (nSPS) is 10.2. The number of amides is 4. The summed E-state index contributed by atoms with van der Waals surface area (Å²) in [5, 5.41) is 11.2. The molecule has 0 spiro atoms. The van der Waals surface area contributed by atoms with Crippen LogP contribution in [0.4, 0.5) is 21.0 Å². The van der Waals surface area contributed by atoms with Gasteiger partial charge < -0.3 is 21.3 Å². The van der Waals surface area contributed by atoms with Crippen molar-refractivity contribution < 1.29 is 14.4 Å². The van der Waals surface area contributed by atoms with Gasteiger partial charge in [-0.1, -0.05) is 49.2 Å². The van der Waals surface area contributed by atoms with E-state index in [9.17, 15) is 14.4 Å². The van der Waals surface area contributed by atoms with Crippen LogP contribution >= 0.6 is 0 Å². The van der Waals surface area contributed by atoms with Crippen LogP contribution in [-0.2, 0) is 4.79 Å². The molecule has 0 radical (unpaired) electrons. The molecule has 0 aliphatic heterocycles. The SMILES string of the molecule is O=C(CCCCCNC(=O)Nc1ccccc1)CCCCCNC(=O)Nc1ccccc1. The summed E-state index contributed by atoms with van der Waals surface area (Å²) in [6, 6.07) is 18.2. The first-order chi connectivity index (χ1) is 15.6. The highest BCUT2D eigenvalue weighted by Crippen LogP contribution is 2.08. The first-order valence-electron chi connectivity index (χ1n) is 11.3. The largest absolute Gasteiger partial charge is 0.338 e. The molecular formula is C25H34N4O3. The number of nitrogens with one attached hydrogen (secondary N) is 4. The molecule has 0 bridgehead atoms. The molecule has 32 heavy (non-hydrogen) atoms. The van der Waals surface area contributed by atoms with Crippen LogP contribution in [0.25, 0.3) is 0 Å². The van der Waals surface area contributed by atoms with E-state index in [1.54, 1.807) is 0 Å². The second kappa shape index (κ2) is 15.5. The molecule has 7 nitrogen and oxygen atoms in total. The molecule has 0 heterocycles. The zero-order valence-electron chi connectivity index (χ0n) is 18.6. The van der Waals surface area contributed by atoms with Crippen LogP contribution in [0.5, 0.6) is 0 Å². The van der Waals surface area contributed by atoms with Crippen LogP contribution < -0.4 is 21.3 Å². The summed E-state index contributed by atoms with van der Waals surface area (Å²) in [5.74, 6) is 0.287. The van der Waals surface area contributed by atoms with Gasteiger partial charge in [-0.05, 0) is 49.9 Å². The number of rotatable bonds is 14. The number of anilines is 2. The molecule has 0 unspecified atom stereocenters. The summed E-state index contributed by atoms with van der Waals surface area (Å²) >= 11 is 0. The van der Waals surface area contributed by atoms with Gasteiger partial charge in [0, 0.05) is 37.3 Å².